The van der Waals surface area contributed by atoms with E-state index in [-0.39, 0.29) is 11.2 Å². The van der Waals surface area contributed by atoms with E-state index in [0.29, 0.717) is 63.9 Å². The second-order valence-corrected chi connectivity index (χ2v) is 9.37. The minimum Gasteiger partial charge on any atom is -0.490 e. The Morgan fingerprint density at radius 2 is 1.86 bits per heavy atom. The molecule has 0 unspecified atom stereocenters. The van der Waals surface area contributed by atoms with E-state index in [9.17, 15) is 4.79 Å². The first-order chi connectivity index (χ1) is 17.4. The summed E-state index contributed by atoms with van der Waals surface area (Å²) in [7, 11) is 0. The predicted octanol–water partition coefficient (Wildman–Crippen LogP) is 6.99. The monoisotopic (exact) mass is 525 g/mol. The van der Waals surface area contributed by atoms with Crippen molar-refractivity contribution in [2.75, 3.05) is 19.9 Å². The maximum Gasteiger partial charge on any atom is 0.235 e. The summed E-state index contributed by atoms with van der Waals surface area (Å²) >= 11 is 12.4. The van der Waals surface area contributed by atoms with Crippen LogP contribution >= 0.6 is 23.2 Å². The van der Waals surface area contributed by atoms with Crippen LogP contribution in [0.25, 0.3) is 11.0 Å². The van der Waals surface area contributed by atoms with Crippen LogP contribution in [0.5, 0.6) is 23.0 Å². The second kappa shape index (κ2) is 10.4. The summed E-state index contributed by atoms with van der Waals surface area (Å²) in [6.45, 7) is 5.83. The molecule has 4 aromatic rings. The van der Waals surface area contributed by atoms with E-state index < -0.39 is 0 Å². The highest BCUT2D eigenvalue weighted by atomic mass is 35.5. The Balaban J connectivity index is 1.43. The topological polar surface area (TPSA) is 61.1 Å². The van der Waals surface area contributed by atoms with Gasteiger partial charge in [-0.2, -0.15) is 0 Å². The maximum atomic E-state index is 13.5. The molecule has 0 N–H and O–H groups in total. The third-order valence-electron chi connectivity index (χ3n) is 6.10. The Kier molecular flexibility index (Phi) is 7.10. The molecule has 1 aliphatic rings. The van der Waals surface area contributed by atoms with E-state index in [1.165, 1.54) is 0 Å². The molecule has 186 valence electrons. The van der Waals surface area contributed by atoms with Crippen LogP contribution in [0.4, 0.5) is 0 Å². The predicted molar refractivity (Wildman–Crippen MR) is 141 cm³/mol. The smallest absolute Gasteiger partial charge is 0.235 e. The number of rotatable bonds is 7. The lowest BCUT2D eigenvalue weighted by molar-refractivity contribution is 0.0968. The molecule has 6 nitrogen and oxygen atoms in total. The van der Waals surface area contributed by atoms with Crippen LogP contribution in [0.15, 0.2) is 63.8 Å². The van der Waals surface area contributed by atoms with Gasteiger partial charge in [0.2, 0.25) is 11.2 Å². The Morgan fingerprint density at radius 3 is 2.64 bits per heavy atom. The maximum absolute atomic E-state index is 13.5. The summed E-state index contributed by atoms with van der Waals surface area (Å²) in [4.78, 5) is 15.6. The number of hydrogen-bond donors (Lipinski definition) is 0. The molecule has 0 atom stereocenters. The lowest BCUT2D eigenvalue weighted by atomic mass is 10.1. The highest BCUT2D eigenvalue weighted by molar-refractivity contribution is 6.35. The molecular weight excluding hydrogens is 501 g/mol. The first-order valence-corrected chi connectivity index (χ1v) is 12.5. The zero-order chi connectivity index (χ0) is 25.2. The normalized spacial score (nSPS) is 13.3. The van der Waals surface area contributed by atoms with Crippen molar-refractivity contribution in [1.29, 1.82) is 0 Å². The molecule has 0 saturated heterocycles. The average Bonchev–Trinajstić information content (AvgIpc) is 2.87. The van der Waals surface area contributed by atoms with Crippen LogP contribution in [0, 0.1) is 6.92 Å². The van der Waals surface area contributed by atoms with Gasteiger partial charge in [-0.3, -0.25) is 9.69 Å². The summed E-state index contributed by atoms with van der Waals surface area (Å²) < 4.78 is 23.8. The van der Waals surface area contributed by atoms with Gasteiger partial charge in [0.15, 0.2) is 11.5 Å². The van der Waals surface area contributed by atoms with Gasteiger partial charge in [-0.15, -0.1) is 0 Å². The zero-order valence-electron chi connectivity index (χ0n) is 20.0. The number of para-hydroxylation sites is 2. The fourth-order valence-electron chi connectivity index (χ4n) is 4.29. The van der Waals surface area contributed by atoms with Crippen LogP contribution in [-0.2, 0) is 13.0 Å². The molecule has 0 saturated carbocycles. The molecule has 36 heavy (non-hydrogen) atoms. The molecule has 0 aliphatic carbocycles. The molecule has 0 fully saturated rings. The van der Waals surface area contributed by atoms with E-state index in [2.05, 4.69) is 4.90 Å². The van der Waals surface area contributed by atoms with Crippen LogP contribution in [0.1, 0.15) is 23.8 Å². The Hall–Kier alpha value is -3.19. The van der Waals surface area contributed by atoms with Gasteiger partial charge >= 0.3 is 0 Å². The van der Waals surface area contributed by atoms with Gasteiger partial charge in [0, 0.05) is 23.1 Å². The molecule has 0 amide bonds. The molecule has 2 heterocycles. The first kappa shape index (κ1) is 24.5. The summed E-state index contributed by atoms with van der Waals surface area (Å²) in [5, 5.41) is 1.70. The number of ether oxygens (including phenoxy) is 3. The van der Waals surface area contributed by atoms with Crippen LogP contribution < -0.4 is 19.6 Å². The van der Waals surface area contributed by atoms with Crippen molar-refractivity contribution in [1.82, 2.24) is 4.90 Å². The van der Waals surface area contributed by atoms with Crippen molar-refractivity contribution in [3.8, 4) is 23.0 Å². The summed E-state index contributed by atoms with van der Waals surface area (Å²) in [6.07, 6.45) is 0.736. The number of nitrogens with zero attached hydrogens (tertiary/aromatic N) is 1. The summed E-state index contributed by atoms with van der Waals surface area (Å²) in [5.41, 5.74) is 2.12. The van der Waals surface area contributed by atoms with Crippen LogP contribution in [0.3, 0.4) is 0 Å². The molecule has 3 aromatic carbocycles. The minimum atomic E-state index is -0.243. The van der Waals surface area contributed by atoms with Gasteiger partial charge in [-0.05, 0) is 62.2 Å². The van der Waals surface area contributed by atoms with Crippen molar-refractivity contribution in [3.63, 3.8) is 0 Å². The molecule has 0 radical (unpaired) electrons. The van der Waals surface area contributed by atoms with E-state index in [1.54, 1.807) is 31.2 Å². The highest BCUT2D eigenvalue weighted by Crippen LogP contribution is 2.36. The van der Waals surface area contributed by atoms with Gasteiger partial charge in [0.1, 0.15) is 23.8 Å². The number of fused-ring (bicyclic) bond motifs is 3. The number of aryl methyl sites for hydroxylation is 1. The Labute approximate surface area is 218 Å². The first-order valence-electron chi connectivity index (χ1n) is 11.7. The molecule has 5 rings (SSSR count). The van der Waals surface area contributed by atoms with Crippen molar-refractivity contribution >= 4 is 34.2 Å². The van der Waals surface area contributed by atoms with Gasteiger partial charge in [0.05, 0.1) is 17.6 Å². The Bertz CT molecular complexity index is 1480. The minimum absolute atomic E-state index is 0.139. The van der Waals surface area contributed by atoms with Crippen molar-refractivity contribution in [2.45, 2.75) is 26.8 Å². The quantitative estimate of drug-likeness (QED) is 0.259. The molecular formula is C28H25Cl2NO5. The standard InChI is InChI=1S/C28H25Cl2NO5/c1-3-33-24-6-4-5-7-25(24)36-27-17(2)35-28-20(26(27)32)10-11-23-21(28)15-31(16-34-23)13-12-18-8-9-19(29)14-22(18)30/h4-11,14H,3,12-13,15-16H2,1-2H3. The highest BCUT2D eigenvalue weighted by Gasteiger charge is 2.24. The zero-order valence-corrected chi connectivity index (χ0v) is 21.5. The lowest BCUT2D eigenvalue weighted by Gasteiger charge is -2.29. The van der Waals surface area contributed by atoms with Gasteiger partial charge in [-0.25, -0.2) is 0 Å². The van der Waals surface area contributed by atoms with E-state index in [0.717, 1.165) is 24.1 Å². The molecule has 0 bridgehead atoms. The third kappa shape index (κ3) is 4.89. The van der Waals surface area contributed by atoms with Crippen molar-refractivity contribution in [2.24, 2.45) is 0 Å². The fourth-order valence-corrected chi connectivity index (χ4v) is 4.79. The van der Waals surface area contributed by atoms with E-state index in [1.807, 2.05) is 37.3 Å². The number of halogens is 2. The molecule has 0 spiro atoms. The number of benzene rings is 3. The van der Waals surface area contributed by atoms with Crippen LogP contribution in [-0.4, -0.2) is 24.8 Å². The van der Waals surface area contributed by atoms with Crippen molar-refractivity contribution < 1.29 is 18.6 Å². The van der Waals surface area contributed by atoms with E-state index >= 15 is 0 Å². The Morgan fingerprint density at radius 1 is 1.06 bits per heavy atom. The summed E-state index contributed by atoms with van der Waals surface area (Å²) in [6, 6.07) is 16.3. The van der Waals surface area contributed by atoms with Crippen molar-refractivity contribution in [3.05, 3.63) is 91.8 Å². The second-order valence-electron chi connectivity index (χ2n) is 8.53. The lowest BCUT2D eigenvalue weighted by Crippen LogP contribution is -2.33. The SMILES string of the molecule is CCOc1ccccc1Oc1c(C)oc2c3c(ccc2c1=O)OCN(CCc1ccc(Cl)cc1Cl)C3. The number of hydrogen-bond acceptors (Lipinski definition) is 6. The molecule has 1 aromatic heterocycles. The molecule has 1 aliphatic heterocycles. The summed E-state index contributed by atoms with van der Waals surface area (Å²) in [5.74, 6) is 2.26. The third-order valence-corrected chi connectivity index (χ3v) is 6.69. The average molecular weight is 526 g/mol. The molecule has 8 heteroatoms. The fraction of sp³-hybridized carbons (Fsp3) is 0.250. The van der Waals surface area contributed by atoms with E-state index in [4.69, 9.17) is 41.8 Å². The van der Waals surface area contributed by atoms with Gasteiger partial charge in [-0.1, -0.05) is 41.4 Å². The van der Waals surface area contributed by atoms with Gasteiger partial charge < -0.3 is 18.6 Å². The van der Waals surface area contributed by atoms with Crippen LogP contribution in [0.2, 0.25) is 10.0 Å². The largest absolute Gasteiger partial charge is 0.490 e. The van der Waals surface area contributed by atoms with Gasteiger partial charge in [0.25, 0.3) is 0 Å².